The summed E-state index contributed by atoms with van der Waals surface area (Å²) >= 11 is 3.88. The Hall–Kier alpha value is -0.730. The number of hydrogen-bond donors (Lipinski definition) is 2. The van der Waals surface area contributed by atoms with Gasteiger partial charge in [0, 0.05) is 25.1 Å². The van der Waals surface area contributed by atoms with Crippen LogP contribution in [0.3, 0.4) is 0 Å². The summed E-state index contributed by atoms with van der Waals surface area (Å²) in [5, 5.41) is 20.8. The normalized spacial score (nSPS) is 17.5. The molecule has 0 amide bonds. The topological polar surface area (TPSA) is 70.4 Å². The van der Waals surface area contributed by atoms with E-state index in [0.717, 1.165) is 33.0 Å². The summed E-state index contributed by atoms with van der Waals surface area (Å²) in [5.41, 5.74) is 0.415. The van der Waals surface area contributed by atoms with Gasteiger partial charge in [-0.3, -0.25) is 0 Å². The third-order valence-corrected chi connectivity index (χ3v) is 6.39. The van der Waals surface area contributed by atoms with E-state index in [9.17, 15) is 15.0 Å². The van der Waals surface area contributed by atoms with E-state index in [1.165, 1.54) is 23.8 Å². The van der Waals surface area contributed by atoms with E-state index in [1.807, 2.05) is 0 Å². The molecule has 6 heteroatoms. The highest BCUT2D eigenvalue weighted by atomic mass is 127. The largest absolute Gasteiger partial charge is 0.479 e. The smallest absolute Gasteiger partial charge is 0.340 e. The minimum atomic E-state index is -1.91. The number of aliphatic carboxylic acids is 1. The van der Waals surface area contributed by atoms with Crippen LogP contribution in [0.2, 0.25) is 0 Å². The summed E-state index contributed by atoms with van der Waals surface area (Å²) in [4.78, 5) is 18.3. The van der Waals surface area contributed by atoms with Crippen molar-refractivity contribution in [1.29, 1.82) is 0 Å². The third kappa shape index (κ3) is 2.27. The molecule has 21 heavy (non-hydrogen) atoms. The second-order valence-electron chi connectivity index (χ2n) is 5.65. The molecule has 2 aromatic heterocycles. The second-order valence-corrected chi connectivity index (χ2v) is 7.82. The van der Waals surface area contributed by atoms with Crippen molar-refractivity contribution in [2.24, 2.45) is 0 Å². The molecule has 1 aliphatic carbocycles. The number of carboxylic acids is 1. The minimum absolute atomic E-state index is 0.425. The van der Waals surface area contributed by atoms with Gasteiger partial charge in [0.15, 0.2) is 5.60 Å². The van der Waals surface area contributed by atoms with Crippen molar-refractivity contribution in [2.75, 3.05) is 0 Å². The number of halogens is 1. The predicted octanol–water partition coefficient (Wildman–Crippen LogP) is 3.38. The summed E-state index contributed by atoms with van der Waals surface area (Å²) in [6.45, 7) is 3.10. The maximum atomic E-state index is 11.4. The Balaban J connectivity index is 2.35. The first-order valence-electron chi connectivity index (χ1n) is 6.90. The maximum absolute atomic E-state index is 11.4. The van der Waals surface area contributed by atoms with Gasteiger partial charge in [-0.05, 0) is 67.7 Å². The van der Waals surface area contributed by atoms with Crippen molar-refractivity contribution in [2.45, 2.75) is 45.1 Å². The van der Waals surface area contributed by atoms with E-state index < -0.39 is 11.6 Å². The van der Waals surface area contributed by atoms with E-state index in [2.05, 4.69) is 27.6 Å². The number of fused-ring (bicyclic) bond motifs is 3. The van der Waals surface area contributed by atoms with Gasteiger partial charge in [0.2, 0.25) is 0 Å². The van der Waals surface area contributed by atoms with Crippen LogP contribution >= 0.6 is 33.9 Å². The zero-order valence-electron chi connectivity index (χ0n) is 11.9. The van der Waals surface area contributed by atoms with Crippen molar-refractivity contribution in [1.82, 2.24) is 4.98 Å². The molecule has 0 radical (unpaired) electrons. The molecule has 3 rings (SSSR count). The molecule has 2 N–H and O–H groups in total. The summed E-state index contributed by atoms with van der Waals surface area (Å²) in [6, 6.07) is 0. The van der Waals surface area contributed by atoms with Crippen LogP contribution in [0.25, 0.3) is 10.2 Å². The first kappa shape index (κ1) is 15.2. The lowest BCUT2D eigenvalue weighted by Gasteiger charge is -2.22. The Morgan fingerprint density at radius 3 is 2.71 bits per heavy atom. The van der Waals surface area contributed by atoms with Crippen LogP contribution < -0.4 is 0 Å². The van der Waals surface area contributed by atoms with Crippen molar-refractivity contribution in [3.8, 4) is 0 Å². The monoisotopic (exact) mass is 417 g/mol. The average Bonchev–Trinajstić information content (AvgIpc) is 2.75. The number of hydrogen-bond acceptors (Lipinski definition) is 4. The summed E-state index contributed by atoms with van der Waals surface area (Å²) in [7, 11) is 0. The SMILES string of the molecule is Cc1nc2sc3c(c2c(I)c1C(C)(O)C(=O)O)CCCC3. The van der Waals surface area contributed by atoms with Crippen molar-refractivity contribution in [3.63, 3.8) is 0 Å². The molecule has 1 unspecified atom stereocenters. The van der Waals surface area contributed by atoms with Gasteiger partial charge >= 0.3 is 5.97 Å². The molecule has 0 aliphatic heterocycles. The molecule has 0 aromatic carbocycles. The number of carbonyl (C=O) groups is 1. The van der Waals surface area contributed by atoms with E-state index in [0.29, 0.717) is 11.3 Å². The van der Waals surface area contributed by atoms with Crippen LogP contribution in [-0.2, 0) is 23.2 Å². The van der Waals surface area contributed by atoms with Gasteiger partial charge in [-0.2, -0.15) is 0 Å². The van der Waals surface area contributed by atoms with E-state index >= 15 is 0 Å². The lowest BCUT2D eigenvalue weighted by atomic mass is 9.91. The Labute approximate surface area is 140 Å². The molecule has 2 aromatic rings. The molecule has 112 valence electrons. The van der Waals surface area contributed by atoms with E-state index in [-0.39, 0.29) is 0 Å². The Morgan fingerprint density at radius 2 is 2.05 bits per heavy atom. The molecule has 2 heterocycles. The lowest BCUT2D eigenvalue weighted by molar-refractivity contribution is -0.157. The molecular weight excluding hydrogens is 401 g/mol. The Bertz CT molecular complexity index is 751. The zero-order chi connectivity index (χ0) is 15.4. The van der Waals surface area contributed by atoms with Crippen LogP contribution in [0.4, 0.5) is 0 Å². The molecule has 0 spiro atoms. The number of carboxylic acid groups (broad SMARTS) is 1. The molecule has 0 saturated carbocycles. The highest BCUT2D eigenvalue weighted by Gasteiger charge is 2.37. The number of aliphatic hydroxyl groups is 1. The molecule has 1 aliphatic rings. The number of thiophene rings is 1. The third-order valence-electron chi connectivity index (χ3n) is 4.13. The van der Waals surface area contributed by atoms with Gasteiger partial charge < -0.3 is 10.2 Å². The summed E-state index contributed by atoms with van der Waals surface area (Å²) < 4.78 is 0.835. The number of aryl methyl sites for hydroxylation is 3. The molecule has 0 saturated heterocycles. The lowest BCUT2D eigenvalue weighted by Crippen LogP contribution is -2.34. The second kappa shape index (κ2) is 5.17. The van der Waals surface area contributed by atoms with E-state index in [4.69, 9.17) is 0 Å². The summed E-state index contributed by atoms with van der Waals surface area (Å²) in [6.07, 6.45) is 4.46. The Morgan fingerprint density at radius 1 is 1.38 bits per heavy atom. The van der Waals surface area contributed by atoms with Crippen molar-refractivity contribution >= 4 is 50.1 Å². The van der Waals surface area contributed by atoms with Gasteiger partial charge in [0.05, 0.1) is 0 Å². The standard InChI is InChI=1S/C15H16INO3S/c1-7-11(15(2,20)14(18)19)12(16)10-8-5-3-4-6-9(8)21-13(10)17-7/h20H,3-6H2,1-2H3,(H,18,19). The first-order valence-corrected chi connectivity index (χ1v) is 8.80. The van der Waals surface area contributed by atoms with Gasteiger partial charge in [-0.1, -0.05) is 0 Å². The zero-order valence-corrected chi connectivity index (χ0v) is 14.8. The number of pyridine rings is 1. The van der Waals surface area contributed by atoms with Crippen LogP contribution in [0.15, 0.2) is 0 Å². The predicted molar refractivity (Wildman–Crippen MR) is 90.9 cm³/mol. The molecule has 1 atom stereocenters. The molecule has 0 fully saturated rings. The fourth-order valence-electron chi connectivity index (χ4n) is 3.02. The van der Waals surface area contributed by atoms with Crippen molar-refractivity contribution in [3.05, 3.63) is 25.3 Å². The number of nitrogens with zero attached hydrogens (tertiary/aromatic N) is 1. The van der Waals surface area contributed by atoms with Crippen LogP contribution in [-0.4, -0.2) is 21.2 Å². The molecule has 4 nitrogen and oxygen atoms in total. The van der Waals surface area contributed by atoms with E-state index in [1.54, 1.807) is 18.3 Å². The van der Waals surface area contributed by atoms with Crippen LogP contribution in [0.5, 0.6) is 0 Å². The van der Waals surface area contributed by atoms with Gasteiger partial charge in [0.1, 0.15) is 4.83 Å². The highest BCUT2D eigenvalue weighted by molar-refractivity contribution is 14.1. The molecular formula is C15H16INO3S. The van der Waals surface area contributed by atoms with Gasteiger partial charge in [-0.25, -0.2) is 9.78 Å². The highest BCUT2D eigenvalue weighted by Crippen LogP contribution is 2.41. The minimum Gasteiger partial charge on any atom is -0.479 e. The maximum Gasteiger partial charge on any atom is 0.340 e. The number of aromatic nitrogens is 1. The fourth-order valence-corrected chi connectivity index (χ4v) is 6.02. The average molecular weight is 417 g/mol. The summed E-state index contributed by atoms with van der Waals surface area (Å²) in [5.74, 6) is -1.24. The van der Waals surface area contributed by atoms with Gasteiger partial charge in [0.25, 0.3) is 0 Å². The van der Waals surface area contributed by atoms with Crippen LogP contribution in [0.1, 0.15) is 41.5 Å². The van der Waals surface area contributed by atoms with Crippen molar-refractivity contribution < 1.29 is 15.0 Å². The van der Waals surface area contributed by atoms with Crippen LogP contribution in [0, 0.1) is 10.5 Å². The number of rotatable bonds is 2. The fraction of sp³-hybridized carbons (Fsp3) is 0.467. The molecule has 0 bridgehead atoms. The van der Waals surface area contributed by atoms with Gasteiger partial charge in [-0.15, -0.1) is 11.3 Å². The first-order chi connectivity index (χ1) is 9.84. The quantitative estimate of drug-likeness (QED) is 0.736. The Kier molecular flexibility index (Phi) is 3.74.